The van der Waals surface area contributed by atoms with E-state index in [1.807, 2.05) is 0 Å². The normalized spacial score (nSPS) is 22.4. The number of rotatable bonds is 7. The zero-order chi connectivity index (χ0) is 23.6. The number of carbonyl (C=O) groups is 4. The quantitative estimate of drug-likeness (QED) is 0.328. The second-order valence-corrected chi connectivity index (χ2v) is 6.89. The van der Waals surface area contributed by atoms with Gasteiger partial charge in [0, 0.05) is 31.0 Å². The summed E-state index contributed by atoms with van der Waals surface area (Å²) in [6, 6.07) is 1.57. The Balaban J connectivity index is 1.82. The molecule has 0 bridgehead atoms. The van der Waals surface area contributed by atoms with Crippen LogP contribution < -0.4 is 5.32 Å². The molecule has 2 aliphatic rings. The molecule has 32 heavy (non-hydrogen) atoms. The third-order valence-corrected chi connectivity index (χ3v) is 4.60. The summed E-state index contributed by atoms with van der Waals surface area (Å²) in [6.45, 7) is 0.202. The molecule has 2 heterocycles. The summed E-state index contributed by atoms with van der Waals surface area (Å²) in [6.07, 6.45) is -0.548. The van der Waals surface area contributed by atoms with Gasteiger partial charge in [0.05, 0.1) is 22.3 Å². The van der Waals surface area contributed by atoms with E-state index in [2.05, 4.69) is 5.32 Å². The fraction of sp³-hybridized carbons (Fsp3) is 0.412. The molecule has 0 saturated carbocycles. The van der Waals surface area contributed by atoms with E-state index in [1.54, 1.807) is 0 Å². The Kier molecular flexibility index (Phi) is 6.02. The van der Waals surface area contributed by atoms with Crippen LogP contribution in [0, 0.1) is 20.2 Å². The Morgan fingerprint density at radius 1 is 1.22 bits per heavy atom. The summed E-state index contributed by atoms with van der Waals surface area (Å²) in [7, 11) is 0. The molecule has 15 heteroatoms. The molecule has 15 nitrogen and oxygen atoms in total. The minimum atomic E-state index is -2.27. The maximum atomic E-state index is 12.9. The SMILES string of the molecule is CC(=O)N[C@H]1CON(C2(C(=O)OCc3cc([N+](=O)[O-])cc([N+](=O)[O-])c3)CCC(=O)O2)C1=O. The number of hydroxylamine groups is 2. The average Bonchev–Trinajstić information content (AvgIpc) is 3.29. The summed E-state index contributed by atoms with van der Waals surface area (Å²) in [4.78, 5) is 74.0. The molecule has 3 rings (SSSR count). The third-order valence-electron chi connectivity index (χ3n) is 4.60. The lowest BCUT2D eigenvalue weighted by molar-refractivity contribution is -0.394. The highest BCUT2D eigenvalue weighted by Crippen LogP contribution is 2.35. The highest BCUT2D eigenvalue weighted by atomic mass is 16.8. The Labute approximate surface area is 178 Å². The predicted molar refractivity (Wildman–Crippen MR) is 98.0 cm³/mol. The van der Waals surface area contributed by atoms with Crippen LogP contribution in [0.5, 0.6) is 0 Å². The standard InChI is InChI=1S/C17H16N4O11/c1-9(22)18-13-8-31-19(15(13)24)17(3-2-14(23)32-17)16(25)30-7-10-4-11(20(26)27)6-12(5-10)21(28)29/h4-6,13H,2-3,7-8H2,1H3,(H,18,22)/t13-,17?/m0/s1. The van der Waals surface area contributed by atoms with Gasteiger partial charge in [0.25, 0.3) is 17.3 Å². The van der Waals surface area contributed by atoms with Crippen molar-refractivity contribution in [1.29, 1.82) is 0 Å². The number of amides is 2. The number of benzene rings is 1. The zero-order valence-corrected chi connectivity index (χ0v) is 16.5. The molecular formula is C17H16N4O11. The first kappa shape index (κ1) is 22.5. The number of non-ortho nitro benzene ring substituents is 2. The minimum absolute atomic E-state index is 0.0801. The van der Waals surface area contributed by atoms with Crippen LogP contribution in [0.25, 0.3) is 0 Å². The van der Waals surface area contributed by atoms with E-state index in [0.717, 1.165) is 18.2 Å². The first-order valence-electron chi connectivity index (χ1n) is 9.09. The molecule has 2 fully saturated rings. The number of nitrogens with zero attached hydrogens (tertiary/aromatic N) is 3. The molecule has 1 N–H and O–H groups in total. The Bertz CT molecular complexity index is 994. The number of carbonyl (C=O) groups excluding carboxylic acids is 4. The number of cyclic esters (lactones) is 1. The van der Waals surface area contributed by atoms with Crippen LogP contribution in [-0.4, -0.2) is 57.0 Å². The fourth-order valence-corrected chi connectivity index (χ4v) is 3.20. The third kappa shape index (κ3) is 4.31. The summed E-state index contributed by atoms with van der Waals surface area (Å²) >= 11 is 0. The van der Waals surface area contributed by atoms with Crippen LogP contribution in [0.1, 0.15) is 25.3 Å². The van der Waals surface area contributed by atoms with Crippen molar-refractivity contribution in [2.45, 2.75) is 38.1 Å². The van der Waals surface area contributed by atoms with E-state index in [4.69, 9.17) is 14.3 Å². The van der Waals surface area contributed by atoms with Gasteiger partial charge in [0.1, 0.15) is 19.3 Å². The molecule has 2 saturated heterocycles. The number of ether oxygens (including phenoxy) is 2. The van der Waals surface area contributed by atoms with Gasteiger partial charge in [0.15, 0.2) is 0 Å². The number of nitro groups is 2. The molecule has 1 aromatic rings. The van der Waals surface area contributed by atoms with E-state index < -0.39 is 63.3 Å². The predicted octanol–water partition coefficient (Wildman–Crippen LogP) is -0.142. The molecule has 2 amide bonds. The molecule has 0 aromatic heterocycles. The number of esters is 2. The van der Waals surface area contributed by atoms with Crippen LogP contribution >= 0.6 is 0 Å². The molecule has 2 aliphatic heterocycles. The van der Waals surface area contributed by atoms with Gasteiger partial charge in [-0.1, -0.05) is 0 Å². The van der Waals surface area contributed by atoms with Crippen molar-refractivity contribution in [1.82, 2.24) is 10.4 Å². The first-order valence-corrected chi connectivity index (χ1v) is 9.09. The van der Waals surface area contributed by atoms with Gasteiger partial charge >= 0.3 is 17.7 Å². The summed E-state index contributed by atoms with van der Waals surface area (Å²) < 4.78 is 10.2. The summed E-state index contributed by atoms with van der Waals surface area (Å²) in [5.74, 6) is -3.42. The maximum Gasteiger partial charge on any atom is 0.375 e. The van der Waals surface area contributed by atoms with E-state index in [-0.39, 0.29) is 25.0 Å². The number of nitrogens with one attached hydrogen (secondary N) is 1. The molecule has 1 unspecified atom stereocenters. The highest BCUT2D eigenvalue weighted by molar-refractivity contribution is 5.94. The second-order valence-electron chi connectivity index (χ2n) is 6.89. The summed E-state index contributed by atoms with van der Waals surface area (Å²) in [5.41, 5.74) is -3.54. The van der Waals surface area contributed by atoms with Crippen molar-refractivity contribution in [3.63, 3.8) is 0 Å². The number of hydrogen-bond acceptors (Lipinski definition) is 11. The molecule has 170 valence electrons. The van der Waals surface area contributed by atoms with Crippen LogP contribution in [-0.2, 0) is 40.1 Å². The first-order chi connectivity index (χ1) is 15.0. The molecule has 1 aromatic carbocycles. The van der Waals surface area contributed by atoms with Crippen LogP contribution in [0.3, 0.4) is 0 Å². The van der Waals surface area contributed by atoms with Gasteiger partial charge < -0.3 is 14.8 Å². The van der Waals surface area contributed by atoms with Crippen molar-refractivity contribution in [2.24, 2.45) is 0 Å². The Morgan fingerprint density at radius 3 is 2.34 bits per heavy atom. The highest BCUT2D eigenvalue weighted by Gasteiger charge is 2.59. The minimum Gasteiger partial charge on any atom is -0.456 e. The Morgan fingerprint density at radius 2 is 1.84 bits per heavy atom. The van der Waals surface area contributed by atoms with Crippen molar-refractivity contribution >= 4 is 35.1 Å². The molecule has 0 radical (unpaired) electrons. The monoisotopic (exact) mass is 452 g/mol. The fourth-order valence-electron chi connectivity index (χ4n) is 3.20. The van der Waals surface area contributed by atoms with Gasteiger partial charge in [-0.3, -0.25) is 39.4 Å². The molecule has 2 atom stereocenters. The lowest BCUT2D eigenvalue weighted by atomic mass is 10.1. The van der Waals surface area contributed by atoms with Crippen LogP contribution in [0.4, 0.5) is 11.4 Å². The van der Waals surface area contributed by atoms with Crippen LogP contribution in [0.15, 0.2) is 18.2 Å². The molecular weight excluding hydrogens is 436 g/mol. The van der Waals surface area contributed by atoms with E-state index in [0.29, 0.717) is 5.06 Å². The zero-order valence-electron chi connectivity index (χ0n) is 16.5. The van der Waals surface area contributed by atoms with Gasteiger partial charge in [-0.05, 0) is 0 Å². The molecule has 0 aliphatic carbocycles. The molecule has 0 spiro atoms. The van der Waals surface area contributed by atoms with Gasteiger partial charge in [-0.2, -0.15) is 5.06 Å². The smallest absolute Gasteiger partial charge is 0.375 e. The van der Waals surface area contributed by atoms with Gasteiger partial charge in [-0.25, -0.2) is 4.79 Å². The van der Waals surface area contributed by atoms with Gasteiger partial charge in [-0.15, -0.1) is 0 Å². The van der Waals surface area contributed by atoms with Crippen LogP contribution in [0.2, 0.25) is 0 Å². The van der Waals surface area contributed by atoms with Gasteiger partial charge in [0.2, 0.25) is 5.91 Å². The van der Waals surface area contributed by atoms with E-state index in [9.17, 15) is 39.4 Å². The summed E-state index contributed by atoms with van der Waals surface area (Å²) in [5, 5.41) is 24.9. The number of hydrogen-bond donors (Lipinski definition) is 1. The second kappa shape index (κ2) is 8.54. The van der Waals surface area contributed by atoms with E-state index >= 15 is 0 Å². The van der Waals surface area contributed by atoms with Crippen molar-refractivity contribution in [2.75, 3.05) is 6.61 Å². The van der Waals surface area contributed by atoms with E-state index in [1.165, 1.54) is 6.92 Å². The topological polar surface area (TPSA) is 198 Å². The average molecular weight is 452 g/mol. The lowest BCUT2D eigenvalue weighted by Gasteiger charge is -2.32. The Hall–Kier alpha value is -4.14. The van der Waals surface area contributed by atoms with Crippen molar-refractivity contribution < 1.29 is 43.3 Å². The van der Waals surface area contributed by atoms with Crippen molar-refractivity contribution in [3.8, 4) is 0 Å². The maximum absolute atomic E-state index is 12.9. The van der Waals surface area contributed by atoms with Crippen molar-refractivity contribution in [3.05, 3.63) is 44.0 Å². The lowest BCUT2D eigenvalue weighted by Crippen LogP contribution is -2.57. The number of nitro benzene ring substituents is 2. The largest absolute Gasteiger partial charge is 0.456 e.